The van der Waals surface area contributed by atoms with E-state index < -0.39 is 42.0 Å². The number of piperazine rings is 1. The van der Waals surface area contributed by atoms with Crippen LogP contribution in [-0.2, 0) is 4.74 Å². The van der Waals surface area contributed by atoms with Gasteiger partial charge >= 0.3 is 6.03 Å². The third kappa shape index (κ3) is 5.44. The number of aliphatic hydroxyl groups excluding tert-OH is 2. The maximum Gasteiger partial charge on any atom is 0.319 e. The Balaban J connectivity index is 1.35. The van der Waals surface area contributed by atoms with E-state index in [1.807, 2.05) is 4.90 Å². The number of halogens is 3. The smallest absolute Gasteiger partial charge is 0.319 e. The molecule has 2 aromatic carbocycles. The van der Waals surface area contributed by atoms with Crippen LogP contribution in [0.5, 0.6) is 0 Å². The molecular weight excluding hydrogens is 453 g/mol. The van der Waals surface area contributed by atoms with Gasteiger partial charge in [-0.15, -0.1) is 0 Å². The molecule has 2 aliphatic rings. The molecule has 2 fully saturated rings. The summed E-state index contributed by atoms with van der Waals surface area (Å²) in [5.74, 6) is -1.96. The summed E-state index contributed by atoms with van der Waals surface area (Å²) in [7, 11) is 0. The number of urea groups is 1. The fourth-order valence-electron chi connectivity index (χ4n) is 4.48. The lowest BCUT2D eigenvalue weighted by Gasteiger charge is -2.41. The molecule has 2 heterocycles. The molecule has 0 aliphatic carbocycles. The minimum atomic E-state index is -0.966. The van der Waals surface area contributed by atoms with E-state index in [1.165, 1.54) is 12.1 Å². The summed E-state index contributed by atoms with van der Waals surface area (Å²) in [6.45, 7) is 2.09. The van der Waals surface area contributed by atoms with Gasteiger partial charge in [-0.1, -0.05) is 0 Å². The number of amides is 2. The van der Waals surface area contributed by atoms with Gasteiger partial charge in [0, 0.05) is 44.5 Å². The van der Waals surface area contributed by atoms with Gasteiger partial charge in [-0.2, -0.15) is 0 Å². The van der Waals surface area contributed by atoms with Crippen molar-refractivity contribution in [3.05, 3.63) is 59.9 Å². The summed E-state index contributed by atoms with van der Waals surface area (Å²) in [6, 6.07) is 7.88. The summed E-state index contributed by atoms with van der Waals surface area (Å²) in [4.78, 5) is 16.4. The number of hydrogen-bond donors (Lipinski definition) is 4. The molecular formula is C23H27F3N4O4. The molecule has 4 rings (SSSR count). The number of rotatable bonds is 6. The van der Waals surface area contributed by atoms with Crippen LogP contribution in [0.3, 0.4) is 0 Å². The van der Waals surface area contributed by atoms with Crippen LogP contribution in [0.2, 0.25) is 0 Å². The second kappa shape index (κ2) is 10.6. The van der Waals surface area contributed by atoms with Gasteiger partial charge in [0.05, 0.1) is 24.4 Å². The SMILES string of the molecule is O=C(NCC1OC(CO)C(O)C1N1CCN(c2ccc(F)cc2)CC1)Nc1ccc(F)cc1F. The Kier molecular flexibility index (Phi) is 7.57. The molecule has 2 saturated heterocycles. The first kappa shape index (κ1) is 24.3. The van der Waals surface area contributed by atoms with Crippen LogP contribution < -0.4 is 15.5 Å². The average Bonchev–Trinajstić information content (AvgIpc) is 3.15. The highest BCUT2D eigenvalue weighted by Crippen LogP contribution is 2.28. The van der Waals surface area contributed by atoms with Gasteiger partial charge in [-0.05, 0) is 36.4 Å². The van der Waals surface area contributed by atoms with Crippen molar-refractivity contribution in [2.24, 2.45) is 0 Å². The van der Waals surface area contributed by atoms with Crippen molar-refractivity contribution in [1.82, 2.24) is 10.2 Å². The van der Waals surface area contributed by atoms with Crippen LogP contribution in [0.1, 0.15) is 0 Å². The quantitative estimate of drug-likeness (QED) is 0.501. The molecule has 0 aromatic heterocycles. The number of carbonyl (C=O) groups is 1. The van der Waals surface area contributed by atoms with Gasteiger partial charge in [0.25, 0.3) is 0 Å². The molecule has 4 atom stereocenters. The Hall–Kier alpha value is -2.86. The Morgan fingerprint density at radius 3 is 2.32 bits per heavy atom. The van der Waals surface area contributed by atoms with Crippen LogP contribution >= 0.6 is 0 Å². The van der Waals surface area contributed by atoms with Gasteiger partial charge < -0.3 is 30.5 Å². The maximum atomic E-state index is 13.8. The number of benzene rings is 2. The Morgan fingerprint density at radius 2 is 1.68 bits per heavy atom. The number of carbonyl (C=O) groups excluding carboxylic acids is 1. The first-order valence-electron chi connectivity index (χ1n) is 11.0. The molecule has 0 radical (unpaired) electrons. The van der Waals surface area contributed by atoms with Crippen molar-refractivity contribution in [2.45, 2.75) is 24.4 Å². The van der Waals surface area contributed by atoms with E-state index in [0.29, 0.717) is 32.2 Å². The lowest BCUT2D eigenvalue weighted by atomic mass is 10.0. The van der Waals surface area contributed by atoms with Gasteiger partial charge in [0.1, 0.15) is 29.7 Å². The highest BCUT2D eigenvalue weighted by atomic mass is 19.1. The third-order valence-corrected chi connectivity index (χ3v) is 6.21. The Labute approximate surface area is 194 Å². The summed E-state index contributed by atoms with van der Waals surface area (Å²) in [5, 5.41) is 25.2. The molecule has 0 saturated carbocycles. The zero-order chi connectivity index (χ0) is 24.2. The second-order valence-corrected chi connectivity index (χ2v) is 8.34. The van der Waals surface area contributed by atoms with Crippen molar-refractivity contribution < 1.29 is 32.9 Å². The van der Waals surface area contributed by atoms with Crippen LogP contribution in [-0.4, -0.2) is 84.8 Å². The largest absolute Gasteiger partial charge is 0.394 e. The first-order valence-corrected chi connectivity index (χ1v) is 11.0. The van der Waals surface area contributed by atoms with Gasteiger partial charge in [0.15, 0.2) is 0 Å². The topological polar surface area (TPSA) is 97.3 Å². The van der Waals surface area contributed by atoms with Crippen molar-refractivity contribution in [1.29, 1.82) is 0 Å². The van der Waals surface area contributed by atoms with E-state index in [-0.39, 0.29) is 24.7 Å². The fraction of sp³-hybridized carbons (Fsp3) is 0.435. The molecule has 4 N–H and O–H groups in total. The highest BCUT2D eigenvalue weighted by Gasteiger charge is 2.46. The minimum Gasteiger partial charge on any atom is -0.394 e. The predicted octanol–water partition coefficient (Wildman–Crippen LogP) is 1.54. The zero-order valence-electron chi connectivity index (χ0n) is 18.3. The molecule has 11 heteroatoms. The molecule has 2 aliphatic heterocycles. The second-order valence-electron chi connectivity index (χ2n) is 8.34. The van der Waals surface area contributed by atoms with Crippen LogP contribution in [0.15, 0.2) is 42.5 Å². The summed E-state index contributed by atoms with van der Waals surface area (Å²) in [5.41, 5.74) is 0.730. The van der Waals surface area contributed by atoms with E-state index in [0.717, 1.165) is 17.8 Å². The average molecular weight is 480 g/mol. The molecule has 184 valence electrons. The highest BCUT2D eigenvalue weighted by molar-refractivity contribution is 5.89. The number of hydrogen-bond acceptors (Lipinski definition) is 6. The van der Waals surface area contributed by atoms with Gasteiger partial charge in [-0.3, -0.25) is 4.90 Å². The van der Waals surface area contributed by atoms with E-state index in [4.69, 9.17) is 4.74 Å². The number of nitrogens with one attached hydrogen (secondary N) is 2. The van der Waals surface area contributed by atoms with Gasteiger partial charge in [-0.25, -0.2) is 18.0 Å². The lowest BCUT2D eigenvalue weighted by Crippen LogP contribution is -2.57. The lowest BCUT2D eigenvalue weighted by molar-refractivity contribution is -0.0205. The fourth-order valence-corrected chi connectivity index (χ4v) is 4.48. The molecule has 0 bridgehead atoms. The third-order valence-electron chi connectivity index (χ3n) is 6.21. The van der Waals surface area contributed by atoms with Crippen molar-refractivity contribution in [3.63, 3.8) is 0 Å². The zero-order valence-corrected chi connectivity index (χ0v) is 18.3. The number of aliphatic hydroxyl groups is 2. The molecule has 0 spiro atoms. The van der Waals surface area contributed by atoms with E-state index in [2.05, 4.69) is 15.5 Å². The van der Waals surface area contributed by atoms with Crippen LogP contribution in [0.4, 0.5) is 29.3 Å². The van der Waals surface area contributed by atoms with Gasteiger partial charge in [0.2, 0.25) is 0 Å². The Morgan fingerprint density at radius 1 is 1.00 bits per heavy atom. The molecule has 8 nitrogen and oxygen atoms in total. The van der Waals surface area contributed by atoms with Crippen molar-refractivity contribution >= 4 is 17.4 Å². The Bertz CT molecular complexity index is 989. The van der Waals surface area contributed by atoms with Crippen molar-refractivity contribution in [2.75, 3.05) is 49.5 Å². The van der Waals surface area contributed by atoms with E-state index >= 15 is 0 Å². The number of nitrogens with zero attached hydrogens (tertiary/aromatic N) is 2. The summed E-state index contributed by atoms with van der Waals surface area (Å²) >= 11 is 0. The van der Waals surface area contributed by atoms with Crippen LogP contribution in [0, 0.1) is 17.5 Å². The first-order chi connectivity index (χ1) is 16.4. The molecule has 2 aromatic rings. The maximum absolute atomic E-state index is 13.8. The monoisotopic (exact) mass is 480 g/mol. The molecule has 34 heavy (non-hydrogen) atoms. The van der Waals surface area contributed by atoms with Crippen LogP contribution in [0.25, 0.3) is 0 Å². The predicted molar refractivity (Wildman–Crippen MR) is 119 cm³/mol. The van der Waals surface area contributed by atoms with E-state index in [1.54, 1.807) is 12.1 Å². The number of ether oxygens (including phenoxy) is 1. The summed E-state index contributed by atoms with van der Waals surface area (Å²) in [6.07, 6.45) is -2.38. The standard InChI is InChI=1S/C23H27F3N4O4/c24-14-1-4-16(5-2-14)29-7-9-30(10-8-29)21-19(34-20(13-31)22(21)32)12-27-23(33)28-18-6-3-15(25)11-17(18)26/h1-6,11,19-22,31-32H,7-10,12-13H2,(H2,27,28,33). The normalized spacial score (nSPS) is 25.4. The minimum absolute atomic E-state index is 0.00501. The molecule has 2 amide bonds. The number of anilines is 2. The summed E-state index contributed by atoms with van der Waals surface area (Å²) < 4.78 is 45.8. The molecule has 4 unspecified atom stereocenters. The van der Waals surface area contributed by atoms with Crippen molar-refractivity contribution in [3.8, 4) is 0 Å². The van der Waals surface area contributed by atoms with E-state index in [9.17, 15) is 28.2 Å².